The Balaban J connectivity index is 1.45. The number of ether oxygens (including phenoxy) is 1. The summed E-state index contributed by atoms with van der Waals surface area (Å²) in [5, 5.41) is 4.63. The van der Waals surface area contributed by atoms with Crippen molar-refractivity contribution in [1.29, 1.82) is 0 Å². The van der Waals surface area contributed by atoms with Crippen LogP contribution in [0.4, 0.5) is 4.79 Å². The van der Waals surface area contributed by atoms with Crippen molar-refractivity contribution in [2.45, 2.75) is 38.1 Å². The van der Waals surface area contributed by atoms with Crippen molar-refractivity contribution in [1.82, 2.24) is 10.2 Å². The third-order valence-electron chi connectivity index (χ3n) is 5.55. The Bertz CT molecular complexity index is 784. The van der Waals surface area contributed by atoms with Crippen molar-refractivity contribution in [3.05, 3.63) is 52.2 Å². The number of carbonyl (C=O) groups excluding carboxylic acids is 2. The van der Waals surface area contributed by atoms with Crippen LogP contribution in [0.15, 0.2) is 41.8 Å². The number of aryl methyl sites for hydroxylation is 1. The molecule has 0 radical (unpaired) electrons. The Kier molecular flexibility index (Phi) is 7.52. The van der Waals surface area contributed by atoms with Gasteiger partial charge < -0.3 is 20.7 Å². The topological polar surface area (TPSA) is 84.7 Å². The van der Waals surface area contributed by atoms with E-state index in [-0.39, 0.29) is 18.4 Å². The highest BCUT2D eigenvalue weighted by Crippen LogP contribution is 2.26. The molecular formula is C22H29N3O3S. The van der Waals surface area contributed by atoms with Crippen molar-refractivity contribution >= 4 is 23.3 Å². The van der Waals surface area contributed by atoms with Crippen LogP contribution in [0.25, 0.3) is 0 Å². The Hall–Kier alpha value is -2.54. The number of amides is 3. The van der Waals surface area contributed by atoms with Gasteiger partial charge in [-0.2, -0.15) is 0 Å². The average Bonchev–Trinajstić information content (AvgIpc) is 3.27. The molecule has 2 aromatic rings. The van der Waals surface area contributed by atoms with Gasteiger partial charge in [-0.25, -0.2) is 4.79 Å². The number of likely N-dealkylation sites (tertiary alicyclic amines) is 1. The minimum absolute atomic E-state index is 0.0748. The first-order valence-corrected chi connectivity index (χ1v) is 10.9. The molecule has 1 saturated heterocycles. The van der Waals surface area contributed by atoms with Gasteiger partial charge in [0.25, 0.3) is 0 Å². The normalized spacial score (nSPS) is 15.7. The van der Waals surface area contributed by atoms with Crippen molar-refractivity contribution in [2.24, 2.45) is 11.7 Å². The molecule has 3 rings (SSSR count). The third-order valence-corrected chi connectivity index (χ3v) is 6.54. The van der Waals surface area contributed by atoms with E-state index in [2.05, 4.69) is 17.4 Å². The highest BCUT2D eigenvalue weighted by Gasteiger charge is 2.26. The van der Waals surface area contributed by atoms with E-state index < -0.39 is 6.03 Å². The van der Waals surface area contributed by atoms with E-state index in [1.54, 1.807) is 7.11 Å². The molecule has 0 spiro atoms. The summed E-state index contributed by atoms with van der Waals surface area (Å²) in [5.74, 6) is 1.59. The number of methoxy groups -OCH3 is 1. The van der Waals surface area contributed by atoms with Crippen LogP contribution in [0.1, 0.15) is 42.2 Å². The lowest BCUT2D eigenvalue weighted by atomic mass is 9.90. The number of urea groups is 1. The average molecular weight is 416 g/mol. The molecule has 156 valence electrons. The van der Waals surface area contributed by atoms with E-state index in [9.17, 15) is 9.59 Å². The van der Waals surface area contributed by atoms with Crippen LogP contribution in [0, 0.1) is 5.92 Å². The SMILES string of the molecule is COc1ccc(CCC2CCN(C(=O)CC(NC(N)=O)c3cccs3)CC2)cc1. The number of benzene rings is 1. The molecule has 29 heavy (non-hydrogen) atoms. The summed E-state index contributed by atoms with van der Waals surface area (Å²) in [4.78, 5) is 26.9. The monoisotopic (exact) mass is 415 g/mol. The van der Waals surface area contributed by atoms with Crippen molar-refractivity contribution < 1.29 is 14.3 Å². The molecule has 1 aromatic carbocycles. The first kappa shape index (κ1) is 21.2. The predicted octanol–water partition coefficient (Wildman–Crippen LogP) is 3.73. The molecule has 0 saturated carbocycles. The largest absolute Gasteiger partial charge is 0.497 e. The van der Waals surface area contributed by atoms with Crippen LogP contribution in [0.5, 0.6) is 5.75 Å². The first-order valence-electron chi connectivity index (χ1n) is 10.0. The molecular weight excluding hydrogens is 386 g/mol. The van der Waals surface area contributed by atoms with Crippen LogP contribution in [-0.4, -0.2) is 37.0 Å². The summed E-state index contributed by atoms with van der Waals surface area (Å²) in [6.45, 7) is 1.56. The van der Waals surface area contributed by atoms with E-state index in [1.807, 2.05) is 34.5 Å². The Morgan fingerprint density at radius 3 is 2.55 bits per heavy atom. The smallest absolute Gasteiger partial charge is 0.312 e. The number of thiophene rings is 1. The number of nitrogens with zero attached hydrogens (tertiary/aromatic N) is 1. The zero-order valence-electron chi connectivity index (χ0n) is 16.8. The molecule has 6 nitrogen and oxygen atoms in total. The second-order valence-electron chi connectivity index (χ2n) is 7.49. The first-order chi connectivity index (χ1) is 14.0. The summed E-state index contributed by atoms with van der Waals surface area (Å²) in [6, 6.07) is 11.1. The van der Waals surface area contributed by atoms with Crippen molar-refractivity contribution in [3.63, 3.8) is 0 Å². The Labute approximate surface area is 176 Å². The van der Waals surface area contributed by atoms with E-state index in [1.165, 1.54) is 16.9 Å². The maximum absolute atomic E-state index is 12.8. The van der Waals surface area contributed by atoms with Gasteiger partial charge in [-0.3, -0.25) is 4.79 Å². The third kappa shape index (κ3) is 6.22. The van der Waals surface area contributed by atoms with Crippen LogP contribution in [-0.2, 0) is 11.2 Å². The predicted molar refractivity (Wildman–Crippen MR) is 115 cm³/mol. The fourth-order valence-corrected chi connectivity index (χ4v) is 4.60. The zero-order valence-corrected chi connectivity index (χ0v) is 17.6. The molecule has 3 amide bonds. The molecule has 1 fully saturated rings. The van der Waals surface area contributed by atoms with Crippen molar-refractivity contribution in [3.8, 4) is 5.75 Å². The van der Waals surface area contributed by atoms with Gasteiger partial charge in [-0.05, 0) is 60.7 Å². The lowest BCUT2D eigenvalue weighted by molar-refractivity contribution is -0.133. The number of nitrogens with two attached hydrogens (primary N) is 1. The van der Waals surface area contributed by atoms with Crippen LogP contribution >= 0.6 is 11.3 Å². The molecule has 1 aliphatic heterocycles. The molecule has 2 heterocycles. The minimum Gasteiger partial charge on any atom is -0.497 e. The molecule has 0 aliphatic carbocycles. The van der Waals surface area contributed by atoms with Gasteiger partial charge in [0, 0.05) is 18.0 Å². The molecule has 1 atom stereocenters. The quantitative estimate of drug-likeness (QED) is 0.689. The second-order valence-corrected chi connectivity index (χ2v) is 8.47. The van der Waals surface area contributed by atoms with Crippen LogP contribution in [0.3, 0.4) is 0 Å². The molecule has 7 heteroatoms. The van der Waals surface area contributed by atoms with Gasteiger partial charge in [-0.1, -0.05) is 18.2 Å². The summed E-state index contributed by atoms with van der Waals surface area (Å²) >= 11 is 1.52. The van der Waals surface area contributed by atoms with Gasteiger partial charge in [0.2, 0.25) is 5.91 Å². The zero-order chi connectivity index (χ0) is 20.6. The Morgan fingerprint density at radius 2 is 1.97 bits per heavy atom. The molecule has 0 bridgehead atoms. The number of piperidine rings is 1. The number of nitrogens with one attached hydrogen (secondary N) is 1. The van der Waals surface area contributed by atoms with Gasteiger partial charge in [-0.15, -0.1) is 11.3 Å². The van der Waals surface area contributed by atoms with E-state index in [0.717, 1.165) is 49.4 Å². The number of rotatable bonds is 8. The van der Waals surface area contributed by atoms with E-state index >= 15 is 0 Å². The number of carbonyl (C=O) groups is 2. The highest BCUT2D eigenvalue weighted by atomic mass is 32.1. The van der Waals surface area contributed by atoms with E-state index in [4.69, 9.17) is 10.5 Å². The Morgan fingerprint density at radius 1 is 1.24 bits per heavy atom. The molecule has 1 aromatic heterocycles. The van der Waals surface area contributed by atoms with Gasteiger partial charge in [0.05, 0.1) is 19.6 Å². The van der Waals surface area contributed by atoms with Gasteiger partial charge >= 0.3 is 6.03 Å². The number of primary amides is 1. The summed E-state index contributed by atoms with van der Waals surface area (Å²) in [5.41, 5.74) is 6.61. The van der Waals surface area contributed by atoms with Crippen LogP contribution < -0.4 is 15.8 Å². The second kappa shape index (κ2) is 10.3. The fraction of sp³-hybridized carbons (Fsp3) is 0.455. The lowest BCUT2D eigenvalue weighted by Crippen LogP contribution is -2.41. The fourth-order valence-electron chi connectivity index (χ4n) is 3.82. The summed E-state index contributed by atoms with van der Waals surface area (Å²) in [6.07, 6.45) is 4.48. The maximum Gasteiger partial charge on any atom is 0.312 e. The van der Waals surface area contributed by atoms with Gasteiger partial charge in [0.15, 0.2) is 0 Å². The minimum atomic E-state index is -0.603. The standard InChI is InChI=1S/C22H29N3O3S/c1-28-18-8-6-16(7-9-18)4-5-17-10-12-25(13-11-17)21(26)15-19(24-22(23)27)20-3-2-14-29-20/h2-3,6-9,14,17,19H,4-5,10-13,15H2,1H3,(H3,23,24,27). The van der Waals surface area contributed by atoms with Gasteiger partial charge in [0.1, 0.15) is 5.75 Å². The summed E-state index contributed by atoms with van der Waals surface area (Å²) < 4.78 is 5.20. The molecule has 3 N–H and O–H groups in total. The lowest BCUT2D eigenvalue weighted by Gasteiger charge is -2.33. The van der Waals surface area contributed by atoms with Crippen molar-refractivity contribution in [2.75, 3.05) is 20.2 Å². The maximum atomic E-state index is 12.8. The highest BCUT2D eigenvalue weighted by molar-refractivity contribution is 7.10. The van der Waals surface area contributed by atoms with Crippen LogP contribution in [0.2, 0.25) is 0 Å². The molecule has 1 aliphatic rings. The summed E-state index contributed by atoms with van der Waals surface area (Å²) in [7, 11) is 1.68. The van der Waals surface area contributed by atoms with E-state index in [0.29, 0.717) is 5.92 Å². The molecule has 1 unspecified atom stereocenters. The number of hydrogen-bond acceptors (Lipinski definition) is 4. The number of hydrogen-bond donors (Lipinski definition) is 2.